The second-order valence-electron chi connectivity index (χ2n) is 8.62. The zero-order chi connectivity index (χ0) is 19.8. The van der Waals surface area contributed by atoms with Gasteiger partial charge in [0.1, 0.15) is 17.5 Å². The van der Waals surface area contributed by atoms with E-state index in [2.05, 4.69) is 56.3 Å². The number of pyridine rings is 2. The Labute approximate surface area is 172 Å². The summed E-state index contributed by atoms with van der Waals surface area (Å²) in [6.07, 6.45) is 5.09. The number of piperazine rings is 1. The van der Waals surface area contributed by atoms with Crippen LogP contribution in [0.5, 0.6) is 0 Å². The van der Waals surface area contributed by atoms with Gasteiger partial charge >= 0.3 is 0 Å². The van der Waals surface area contributed by atoms with Gasteiger partial charge in [0.2, 0.25) is 0 Å². The first kappa shape index (κ1) is 18.6. The number of β-amino-alcohol motifs (C(OH)–C–C–N with tert-alkyl or cyclic N) is 1. The van der Waals surface area contributed by atoms with Crippen molar-refractivity contribution in [1.82, 2.24) is 14.9 Å². The number of nitrogens with one attached hydrogen (secondary N) is 1. The van der Waals surface area contributed by atoms with Crippen LogP contribution >= 0.6 is 0 Å². The van der Waals surface area contributed by atoms with E-state index < -0.39 is 0 Å². The second kappa shape index (κ2) is 7.80. The lowest BCUT2D eigenvalue weighted by atomic mass is 10.2. The number of rotatable bonds is 5. The van der Waals surface area contributed by atoms with Crippen LogP contribution in [0.2, 0.25) is 0 Å². The van der Waals surface area contributed by atoms with Crippen molar-refractivity contribution in [2.45, 2.75) is 31.3 Å². The number of nitrogens with zero attached hydrogens (tertiary/aromatic N) is 5. The van der Waals surface area contributed by atoms with Crippen molar-refractivity contribution in [3.05, 3.63) is 36.0 Å². The number of hydrogen-bond donors (Lipinski definition) is 2. The Kier molecular flexibility index (Phi) is 5.01. The number of aliphatic hydroxyl groups excluding tert-OH is 1. The van der Waals surface area contributed by atoms with Gasteiger partial charge in [-0.05, 0) is 43.9 Å². The van der Waals surface area contributed by atoms with Crippen molar-refractivity contribution in [1.29, 1.82) is 0 Å². The van der Waals surface area contributed by atoms with Crippen LogP contribution in [-0.2, 0) is 0 Å². The van der Waals surface area contributed by atoms with E-state index in [0.29, 0.717) is 12.5 Å². The van der Waals surface area contributed by atoms with Crippen molar-refractivity contribution >= 4 is 23.1 Å². The van der Waals surface area contributed by atoms with Gasteiger partial charge in [0.05, 0.1) is 6.10 Å². The summed E-state index contributed by atoms with van der Waals surface area (Å²) in [4.78, 5) is 16.4. The first-order valence-electron chi connectivity index (χ1n) is 10.8. The maximum absolute atomic E-state index is 9.98. The molecule has 4 heterocycles. The number of anilines is 4. The summed E-state index contributed by atoms with van der Waals surface area (Å²) >= 11 is 0. The molecule has 3 fully saturated rings. The average Bonchev–Trinajstić information content (AvgIpc) is 3.49. The summed E-state index contributed by atoms with van der Waals surface area (Å²) in [5.74, 6) is 3.27. The normalized spacial score (nSPS) is 22.9. The molecular formula is C22H30N6O. The molecule has 0 amide bonds. The zero-order valence-electron chi connectivity index (χ0n) is 17.1. The Morgan fingerprint density at radius 3 is 2.45 bits per heavy atom. The SMILES string of the molecule is CN1CCN(c2cc(Nc3ccc(C4CC4)cn3)nc(N3CCC(O)C3)c2)CC1. The molecule has 7 heteroatoms. The van der Waals surface area contributed by atoms with Crippen LogP contribution < -0.4 is 15.1 Å². The fourth-order valence-corrected chi connectivity index (χ4v) is 4.19. The predicted molar refractivity (Wildman–Crippen MR) is 116 cm³/mol. The molecule has 1 atom stereocenters. The van der Waals surface area contributed by atoms with E-state index in [1.807, 2.05) is 6.20 Å². The largest absolute Gasteiger partial charge is 0.391 e. The molecule has 2 saturated heterocycles. The third kappa shape index (κ3) is 4.31. The molecule has 3 aliphatic rings. The van der Waals surface area contributed by atoms with Gasteiger partial charge in [-0.25, -0.2) is 9.97 Å². The van der Waals surface area contributed by atoms with E-state index in [9.17, 15) is 5.11 Å². The molecule has 1 saturated carbocycles. The van der Waals surface area contributed by atoms with Gasteiger partial charge in [-0.2, -0.15) is 0 Å². The van der Waals surface area contributed by atoms with Gasteiger partial charge in [-0.1, -0.05) is 6.07 Å². The molecule has 2 aromatic heterocycles. The zero-order valence-corrected chi connectivity index (χ0v) is 17.1. The van der Waals surface area contributed by atoms with Gasteiger partial charge in [-0.3, -0.25) is 0 Å². The van der Waals surface area contributed by atoms with Crippen molar-refractivity contribution in [2.24, 2.45) is 0 Å². The maximum Gasteiger partial charge on any atom is 0.136 e. The molecule has 154 valence electrons. The van der Waals surface area contributed by atoms with Crippen LogP contribution in [0, 0.1) is 0 Å². The van der Waals surface area contributed by atoms with Crippen LogP contribution in [0.3, 0.4) is 0 Å². The lowest BCUT2D eigenvalue weighted by Crippen LogP contribution is -2.44. The molecule has 0 spiro atoms. The summed E-state index contributed by atoms with van der Waals surface area (Å²) < 4.78 is 0. The Bertz CT molecular complexity index is 845. The van der Waals surface area contributed by atoms with E-state index in [0.717, 1.165) is 56.6 Å². The molecule has 5 rings (SSSR count). The van der Waals surface area contributed by atoms with E-state index in [-0.39, 0.29) is 6.10 Å². The van der Waals surface area contributed by atoms with Crippen LogP contribution in [0.4, 0.5) is 23.1 Å². The minimum absolute atomic E-state index is 0.267. The van der Waals surface area contributed by atoms with Crippen molar-refractivity contribution in [3.8, 4) is 0 Å². The van der Waals surface area contributed by atoms with Crippen molar-refractivity contribution < 1.29 is 5.11 Å². The van der Waals surface area contributed by atoms with E-state index in [4.69, 9.17) is 4.98 Å². The van der Waals surface area contributed by atoms with Crippen molar-refractivity contribution in [2.75, 3.05) is 61.4 Å². The third-order valence-corrected chi connectivity index (χ3v) is 6.24. The quantitative estimate of drug-likeness (QED) is 0.807. The molecular weight excluding hydrogens is 364 g/mol. The molecule has 1 aliphatic carbocycles. The maximum atomic E-state index is 9.98. The van der Waals surface area contributed by atoms with Gasteiger partial charge in [0, 0.05) is 63.3 Å². The standard InChI is InChI=1S/C22H30N6O/c1-26-8-10-27(11-9-26)18-12-21(25-22(13-18)28-7-6-19(29)15-28)24-20-5-4-17(14-23-20)16-2-3-16/h4-5,12-14,16,19,29H,2-3,6-11,15H2,1H3,(H,23,24,25). The molecule has 2 N–H and O–H groups in total. The Hall–Kier alpha value is -2.38. The highest BCUT2D eigenvalue weighted by atomic mass is 16.3. The molecule has 29 heavy (non-hydrogen) atoms. The highest BCUT2D eigenvalue weighted by molar-refractivity contribution is 5.66. The van der Waals surface area contributed by atoms with E-state index in [1.54, 1.807) is 0 Å². The van der Waals surface area contributed by atoms with E-state index in [1.165, 1.54) is 24.1 Å². The monoisotopic (exact) mass is 394 g/mol. The van der Waals surface area contributed by atoms with Gasteiger partial charge in [0.15, 0.2) is 0 Å². The van der Waals surface area contributed by atoms with E-state index >= 15 is 0 Å². The Morgan fingerprint density at radius 2 is 1.79 bits per heavy atom. The second-order valence-corrected chi connectivity index (χ2v) is 8.62. The Morgan fingerprint density at radius 1 is 0.966 bits per heavy atom. The highest BCUT2D eigenvalue weighted by Gasteiger charge is 2.25. The molecule has 1 unspecified atom stereocenters. The van der Waals surface area contributed by atoms with Crippen LogP contribution in [0.25, 0.3) is 0 Å². The Balaban J connectivity index is 1.40. The summed E-state index contributed by atoms with van der Waals surface area (Å²) in [7, 11) is 2.17. The van der Waals surface area contributed by atoms with Crippen molar-refractivity contribution in [3.63, 3.8) is 0 Å². The molecule has 7 nitrogen and oxygen atoms in total. The third-order valence-electron chi connectivity index (χ3n) is 6.24. The smallest absolute Gasteiger partial charge is 0.136 e. The molecule has 0 bridgehead atoms. The highest BCUT2D eigenvalue weighted by Crippen LogP contribution is 2.39. The van der Waals surface area contributed by atoms with Crippen LogP contribution in [0.1, 0.15) is 30.7 Å². The minimum atomic E-state index is -0.267. The van der Waals surface area contributed by atoms with Gasteiger partial charge in [-0.15, -0.1) is 0 Å². The molecule has 2 aromatic rings. The predicted octanol–water partition coefficient (Wildman–Crippen LogP) is 2.42. The van der Waals surface area contributed by atoms with Gasteiger partial charge < -0.3 is 25.1 Å². The summed E-state index contributed by atoms with van der Waals surface area (Å²) in [5, 5.41) is 13.4. The van der Waals surface area contributed by atoms with Gasteiger partial charge in [0.25, 0.3) is 0 Å². The van der Waals surface area contributed by atoms with Crippen LogP contribution in [-0.4, -0.2) is 72.4 Å². The van der Waals surface area contributed by atoms with Crippen LogP contribution in [0.15, 0.2) is 30.5 Å². The first-order valence-corrected chi connectivity index (χ1v) is 10.8. The number of aliphatic hydroxyl groups is 1. The lowest BCUT2D eigenvalue weighted by molar-refractivity contribution is 0.198. The summed E-state index contributed by atoms with van der Waals surface area (Å²) in [6, 6.07) is 8.52. The number of aromatic nitrogens is 2. The summed E-state index contributed by atoms with van der Waals surface area (Å²) in [5.41, 5.74) is 2.52. The average molecular weight is 395 g/mol. The molecule has 2 aliphatic heterocycles. The fraction of sp³-hybridized carbons (Fsp3) is 0.545. The topological polar surface area (TPSA) is 67.8 Å². The first-order chi connectivity index (χ1) is 14.1. The molecule has 0 aromatic carbocycles. The summed E-state index contributed by atoms with van der Waals surface area (Å²) in [6.45, 7) is 5.63. The number of hydrogen-bond acceptors (Lipinski definition) is 7. The number of likely N-dealkylation sites (N-methyl/N-ethyl adjacent to an activating group) is 1. The molecule has 0 radical (unpaired) electrons. The lowest BCUT2D eigenvalue weighted by Gasteiger charge is -2.34. The minimum Gasteiger partial charge on any atom is -0.391 e. The fourth-order valence-electron chi connectivity index (χ4n) is 4.19.